The Morgan fingerprint density at radius 1 is 1.48 bits per heavy atom. The molecule has 2 heterocycles. The number of carbonyl (C=O) groups is 2. The van der Waals surface area contributed by atoms with E-state index in [1.807, 2.05) is 6.92 Å². The third-order valence-corrected chi connectivity index (χ3v) is 3.12. The smallest absolute Gasteiger partial charge is 0.333 e. The van der Waals surface area contributed by atoms with Crippen LogP contribution in [0.5, 0.6) is 0 Å². The van der Waals surface area contributed by atoms with Crippen LogP contribution >= 0.6 is 0 Å². The number of likely N-dealkylation sites (tertiary alicyclic amines) is 1. The predicted molar refractivity (Wildman–Crippen MR) is 68.3 cm³/mol. The zero-order valence-corrected chi connectivity index (χ0v) is 11.3. The minimum Gasteiger partial charge on any atom is -0.333 e. The van der Waals surface area contributed by atoms with Crippen LogP contribution in [0.25, 0.3) is 0 Å². The molecular weight excluding hydrogens is 287 g/mol. The van der Waals surface area contributed by atoms with E-state index in [2.05, 4.69) is 10.3 Å². The van der Waals surface area contributed by atoms with Crippen LogP contribution < -0.4 is 5.32 Å². The van der Waals surface area contributed by atoms with Crippen LogP contribution in [0.1, 0.15) is 12.0 Å². The number of nitrogens with zero attached hydrogens (tertiary/aromatic N) is 2. The van der Waals surface area contributed by atoms with Gasteiger partial charge in [-0.05, 0) is 18.6 Å². The van der Waals surface area contributed by atoms with Gasteiger partial charge in [0.05, 0.1) is 5.92 Å². The van der Waals surface area contributed by atoms with Crippen molar-refractivity contribution < 1.29 is 22.8 Å². The zero-order chi connectivity index (χ0) is 15.6. The molecule has 1 fully saturated rings. The quantitative estimate of drug-likeness (QED) is 0.925. The van der Waals surface area contributed by atoms with E-state index in [4.69, 9.17) is 0 Å². The Balaban J connectivity index is 1.95. The van der Waals surface area contributed by atoms with Gasteiger partial charge in [-0.15, -0.1) is 0 Å². The molecule has 0 spiro atoms. The molecule has 2 amide bonds. The molecule has 5 nitrogen and oxygen atoms in total. The van der Waals surface area contributed by atoms with Gasteiger partial charge in [-0.3, -0.25) is 9.59 Å². The molecule has 0 unspecified atom stereocenters. The van der Waals surface area contributed by atoms with Crippen LogP contribution in [-0.2, 0) is 9.59 Å². The highest BCUT2D eigenvalue weighted by Gasteiger charge is 2.40. The largest absolute Gasteiger partial charge is 0.406 e. The van der Waals surface area contributed by atoms with Gasteiger partial charge in [0.25, 0.3) is 0 Å². The van der Waals surface area contributed by atoms with Crippen molar-refractivity contribution in [2.75, 3.05) is 18.4 Å². The highest BCUT2D eigenvalue weighted by atomic mass is 19.4. The van der Waals surface area contributed by atoms with E-state index in [1.54, 1.807) is 18.3 Å². The topological polar surface area (TPSA) is 62.3 Å². The van der Waals surface area contributed by atoms with Gasteiger partial charge in [-0.25, -0.2) is 4.98 Å². The molecule has 0 aromatic carbocycles. The average molecular weight is 301 g/mol. The molecule has 1 aromatic heterocycles. The van der Waals surface area contributed by atoms with E-state index in [9.17, 15) is 22.8 Å². The first-order valence-corrected chi connectivity index (χ1v) is 6.32. The van der Waals surface area contributed by atoms with Crippen molar-refractivity contribution in [1.29, 1.82) is 0 Å². The van der Waals surface area contributed by atoms with Crippen LogP contribution in [0, 0.1) is 12.8 Å². The maximum atomic E-state index is 12.3. The number of pyridine rings is 1. The summed E-state index contributed by atoms with van der Waals surface area (Å²) < 4.78 is 36.9. The van der Waals surface area contributed by atoms with Crippen LogP contribution in [-0.4, -0.2) is 41.0 Å². The molecule has 1 N–H and O–H groups in total. The second-order valence-corrected chi connectivity index (χ2v) is 5.00. The number of anilines is 1. The minimum absolute atomic E-state index is 0.215. The van der Waals surface area contributed by atoms with E-state index in [-0.39, 0.29) is 13.0 Å². The number of nitrogens with one attached hydrogen (secondary N) is 1. The maximum Gasteiger partial charge on any atom is 0.406 e. The van der Waals surface area contributed by atoms with E-state index in [1.165, 1.54) is 0 Å². The Morgan fingerprint density at radius 2 is 2.19 bits per heavy atom. The Bertz CT molecular complexity index is 543. The molecule has 1 aliphatic heterocycles. The number of hydrogen-bond donors (Lipinski definition) is 1. The van der Waals surface area contributed by atoms with E-state index >= 15 is 0 Å². The molecule has 8 heteroatoms. The zero-order valence-electron chi connectivity index (χ0n) is 11.3. The van der Waals surface area contributed by atoms with Gasteiger partial charge in [-0.2, -0.15) is 13.2 Å². The van der Waals surface area contributed by atoms with Crippen molar-refractivity contribution >= 4 is 17.6 Å². The summed E-state index contributed by atoms with van der Waals surface area (Å²) in [6.07, 6.45) is -3.11. The van der Waals surface area contributed by atoms with E-state index in [0.717, 1.165) is 5.56 Å². The second-order valence-electron chi connectivity index (χ2n) is 5.00. The summed E-state index contributed by atoms with van der Waals surface area (Å²) in [5.41, 5.74) is 0.917. The monoisotopic (exact) mass is 301 g/mol. The summed E-state index contributed by atoms with van der Waals surface area (Å²) in [6.45, 7) is 0.289. The van der Waals surface area contributed by atoms with E-state index in [0.29, 0.717) is 10.7 Å². The highest BCUT2D eigenvalue weighted by molar-refractivity contribution is 5.96. The van der Waals surface area contributed by atoms with Crippen LogP contribution in [0.3, 0.4) is 0 Å². The lowest BCUT2D eigenvalue weighted by Gasteiger charge is -2.18. The third-order valence-electron chi connectivity index (χ3n) is 3.12. The molecule has 0 radical (unpaired) electrons. The number of amides is 2. The fourth-order valence-corrected chi connectivity index (χ4v) is 2.09. The second kappa shape index (κ2) is 5.71. The van der Waals surface area contributed by atoms with E-state index < -0.39 is 30.5 Å². The van der Waals surface area contributed by atoms with Crippen LogP contribution in [0.15, 0.2) is 18.3 Å². The van der Waals surface area contributed by atoms with Crippen molar-refractivity contribution in [1.82, 2.24) is 9.88 Å². The molecule has 0 bridgehead atoms. The molecular formula is C13H14F3N3O2. The predicted octanol–water partition coefficient (Wildman–Crippen LogP) is 1.74. The van der Waals surface area contributed by atoms with Crippen molar-refractivity contribution in [3.05, 3.63) is 23.9 Å². The van der Waals surface area contributed by atoms with Gasteiger partial charge in [0, 0.05) is 19.2 Å². The van der Waals surface area contributed by atoms with Gasteiger partial charge < -0.3 is 10.2 Å². The normalized spacial score (nSPS) is 19.0. The van der Waals surface area contributed by atoms with Crippen LogP contribution in [0.2, 0.25) is 0 Å². The summed E-state index contributed by atoms with van der Waals surface area (Å²) in [7, 11) is 0. The molecule has 0 aliphatic carbocycles. The minimum atomic E-state index is -4.46. The summed E-state index contributed by atoms with van der Waals surface area (Å²) in [5.74, 6) is -1.64. The molecule has 2 rings (SSSR count). The van der Waals surface area contributed by atoms with Crippen LogP contribution in [0.4, 0.5) is 19.0 Å². The Hall–Kier alpha value is -2.12. The summed E-state index contributed by atoms with van der Waals surface area (Å²) in [6, 6.07) is 3.34. The van der Waals surface area contributed by atoms with Gasteiger partial charge in [0.1, 0.15) is 12.4 Å². The van der Waals surface area contributed by atoms with Gasteiger partial charge in [-0.1, -0.05) is 6.07 Å². The number of aryl methyl sites for hydroxylation is 1. The van der Waals surface area contributed by atoms with Gasteiger partial charge >= 0.3 is 6.18 Å². The third kappa shape index (κ3) is 4.17. The first-order valence-electron chi connectivity index (χ1n) is 6.32. The number of carbonyl (C=O) groups excluding carboxylic acids is 2. The lowest BCUT2D eigenvalue weighted by molar-refractivity contribution is -0.157. The number of hydrogen-bond acceptors (Lipinski definition) is 3. The fourth-order valence-electron chi connectivity index (χ4n) is 2.09. The molecule has 0 saturated carbocycles. The van der Waals surface area contributed by atoms with Crippen molar-refractivity contribution in [3.63, 3.8) is 0 Å². The molecule has 1 aliphatic rings. The Morgan fingerprint density at radius 3 is 2.76 bits per heavy atom. The van der Waals surface area contributed by atoms with Gasteiger partial charge in [0.2, 0.25) is 11.8 Å². The molecule has 1 atom stereocenters. The summed E-state index contributed by atoms with van der Waals surface area (Å²) in [4.78, 5) is 28.1. The summed E-state index contributed by atoms with van der Waals surface area (Å²) >= 11 is 0. The fraction of sp³-hybridized carbons (Fsp3) is 0.462. The molecule has 21 heavy (non-hydrogen) atoms. The number of rotatable bonds is 3. The lowest BCUT2D eigenvalue weighted by atomic mass is 10.1. The number of halogens is 3. The van der Waals surface area contributed by atoms with Gasteiger partial charge in [0.15, 0.2) is 0 Å². The molecule has 114 valence electrons. The first-order chi connectivity index (χ1) is 9.74. The Kier molecular flexibility index (Phi) is 4.15. The average Bonchev–Trinajstić information content (AvgIpc) is 2.72. The SMILES string of the molecule is Cc1ccc(NC(=O)[C@H]2CC(=O)N(CC(F)(F)F)C2)nc1. The Labute approximate surface area is 119 Å². The van der Waals surface area contributed by atoms with Crippen molar-refractivity contribution in [3.8, 4) is 0 Å². The van der Waals surface area contributed by atoms with Crippen molar-refractivity contribution in [2.45, 2.75) is 19.5 Å². The number of aromatic nitrogens is 1. The lowest BCUT2D eigenvalue weighted by Crippen LogP contribution is -2.36. The standard InChI is InChI=1S/C13H14F3N3O2/c1-8-2-3-10(17-5-8)18-12(21)9-4-11(20)19(6-9)7-13(14,15)16/h2-3,5,9H,4,6-7H2,1H3,(H,17,18,21)/t9-/m0/s1. The summed E-state index contributed by atoms with van der Waals surface area (Å²) in [5, 5.41) is 2.50. The van der Waals surface area contributed by atoms with Crippen molar-refractivity contribution in [2.24, 2.45) is 5.92 Å². The highest BCUT2D eigenvalue weighted by Crippen LogP contribution is 2.24. The molecule has 1 aromatic rings. The molecule has 1 saturated heterocycles. The number of alkyl halides is 3. The maximum absolute atomic E-state index is 12.3. The first kappa shape index (κ1) is 15.3.